The van der Waals surface area contributed by atoms with E-state index in [1.54, 1.807) is 16.9 Å². The van der Waals surface area contributed by atoms with Crippen LogP contribution in [0.25, 0.3) is 0 Å². The van der Waals surface area contributed by atoms with Crippen LogP contribution in [0.5, 0.6) is 0 Å². The first-order valence-corrected chi connectivity index (χ1v) is 10.5. The number of benzene rings is 1. The number of piperidine rings is 1. The Morgan fingerprint density at radius 2 is 1.88 bits per heavy atom. The molecule has 1 aliphatic rings. The second-order valence-corrected chi connectivity index (χ2v) is 8.04. The fourth-order valence-electron chi connectivity index (χ4n) is 3.72. The van der Waals surface area contributed by atoms with E-state index in [2.05, 4.69) is 15.4 Å². The Morgan fingerprint density at radius 1 is 1.16 bits per heavy atom. The number of amides is 1. The van der Waals surface area contributed by atoms with E-state index in [1.807, 2.05) is 35.2 Å². The highest BCUT2D eigenvalue weighted by Gasteiger charge is 2.33. The highest BCUT2D eigenvalue weighted by Crippen LogP contribution is 2.34. The Bertz CT molecular complexity index is 1080. The van der Waals surface area contributed by atoms with E-state index < -0.39 is 11.7 Å². The number of anilines is 2. The van der Waals surface area contributed by atoms with Gasteiger partial charge < -0.3 is 10.2 Å². The van der Waals surface area contributed by atoms with E-state index in [0.29, 0.717) is 44.1 Å². The molecule has 0 atom stereocenters. The lowest BCUT2D eigenvalue weighted by Gasteiger charge is -2.32. The van der Waals surface area contributed by atoms with Gasteiger partial charge in [-0.3, -0.25) is 4.79 Å². The summed E-state index contributed by atoms with van der Waals surface area (Å²) in [5.41, 5.74) is 0.188. The van der Waals surface area contributed by atoms with Crippen molar-refractivity contribution in [2.75, 3.05) is 23.3 Å². The van der Waals surface area contributed by atoms with Crippen LogP contribution in [0.1, 0.15) is 24.0 Å². The van der Waals surface area contributed by atoms with Crippen LogP contribution in [0.2, 0.25) is 5.02 Å². The molecule has 0 spiro atoms. The number of rotatable bonds is 5. The number of halogens is 4. The predicted octanol–water partition coefficient (Wildman–Crippen LogP) is 4.85. The van der Waals surface area contributed by atoms with Crippen molar-refractivity contribution < 1.29 is 18.0 Å². The van der Waals surface area contributed by atoms with E-state index in [-0.39, 0.29) is 16.8 Å². The van der Waals surface area contributed by atoms with Gasteiger partial charge in [0, 0.05) is 31.3 Å². The van der Waals surface area contributed by atoms with Crippen LogP contribution in [0.4, 0.5) is 24.8 Å². The van der Waals surface area contributed by atoms with Crippen LogP contribution in [-0.2, 0) is 17.5 Å². The molecule has 0 bridgehead atoms. The van der Waals surface area contributed by atoms with Gasteiger partial charge in [0.1, 0.15) is 11.6 Å². The Hall–Kier alpha value is -3.07. The molecule has 1 aliphatic heterocycles. The van der Waals surface area contributed by atoms with Crippen LogP contribution >= 0.6 is 11.6 Å². The topological polar surface area (TPSA) is 63.1 Å². The number of hydrogen-bond donors (Lipinski definition) is 1. The molecule has 3 heterocycles. The van der Waals surface area contributed by atoms with Gasteiger partial charge in [-0.15, -0.1) is 0 Å². The van der Waals surface area contributed by atoms with Crippen molar-refractivity contribution in [1.82, 2.24) is 14.8 Å². The van der Waals surface area contributed by atoms with Crippen LogP contribution < -0.4 is 10.2 Å². The molecular weight excluding hydrogens is 443 g/mol. The fourth-order valence-corrected chi connectivity index (χ4v) is 4.01. The quantitative estimate of drug-likeness (QED) is 0.587. The molecule has 0 saturated carbocycles. The SMILES string of the molecule is O=C(Nc1ccnn1Cc1ccccc1)C1CCN(c2ncc(C(F)(F)F)cc2Cl)CC1. The molecule has 10 heteroatoms. The van der Waals surface area contributed by atoms with Crippen molar-refractivity contribution in [3.8, 4) is 0 Å². The standard InChI is InChI=1S/C22H21ClF3N5O/c23-18-12-17(22(24,25)26)13-27-20(18)30-10-7-16(8-11-30)21(32)29-19-6-9-28-31(19)14-15-4-2-1-3-5-15/h1-6,9,12-13,16H,7-8,10-11,14H2,(H,29,32). The van der Waals surface area contributed by atoms with Gasteiger partial charge in [-0.25, -0.2) is 9.67 Å². The second kappa shape index (κ2) is 9.20. The lowest BCUT2D eigenvalue weighted by molar-refractivity contribution is -0.137. The summed E-state index contributed by atoms with van der Waals surface area (Å²) in [4.78, 5) is 18.5. The monoisotopic (exact) mass is 463 g/mol. The molecule has 1 saturated heterocycles. The number of nitrogens with one attached hydrogen (secondary N) is 1. The first-order valence-electron chi connectivity index (χ1n) is 10.2. The zero-order chi connectivity index (χ0) is 22.7. The average Bonchev–Trinajstić information content (AvgIpc) is 3.20. The summed E-state index contributed by atoms with van der Waals surface area (Å²) in [6.07, 6.45) is -0.990. The molecule has 2 aromatic heterocycles. The molecule has 1 aromatic carbocycles. The number of nitrogens with zero attached hydrogens (tertiary/aromatic N) is 4. The molecule has 1 amide bonds. The molecule has 3 aromatic rings. The lowest BCUT2D eigenvalue weighted by Crippen LogP contribution is -2.39. The fraction of sp³-hybridized carbons (Fsp3) is 0.318. The summed E-state index contributed by atoms with van der Waals surface area (Å²) in [6.45, 7) is 1.49. The first kappa shape index (κ1) is 22.1. The maximum Gasteiger partial charge on any atom is 0.417 e. The Labute approximate surface area is 188 Å². The number of carbonyl (C=O) groups excluding carboxylic acids is 1. The minimum Gasteiger partial charge on any atom is -0.355 e. The van der Waals surface area contributed by atoms with Crippen molar-refractivity contribution in [3.63, 3.8) is 0 Å². The van der Waals surface area contributed by atoms with Gasteiger partial charge in [-0.2, -0.15) is 18.3 Å². The van der Waals surface area contributed by atoms with Crippen molar-refractivity contribution in [1.29, 1.82) is 0 Å². The molecule has 4 rings (SSSR count). The summed E-state index contributed by atoms with van der Waals surface area (Å²) in [5.74, 6) is 0.596. The largest absolute Gasteiger partial charge is 0.417 e. The summed E-state index contributed by atoms with van der Waals surface area (Å²) in [7, 11) is 0. The van der Waals surface area contributed by atoms with Crippen molar-refractivity contribution in [3.05, 3.63) is 71.0 Å². The maximum absolute atomic E-state index is 12.8. The summed E-state index contributed by atoms with van der Waals surface area (Å²) < 4.78 is 40.2. The van der Waals surface area contributed by atoms with Crippen molar-refractivity contribution in [2.24, 2.45) is 5.92 Å². The van der Waals surface area contributed by atoms with Crippen molar-refractivity contribution >= 4 is 29.1 Å². The molecule has 1 N–H and O–H groups in total. The smallest absolute Gasteiger partial charge is 0.355 e. The Kier molecular flexibility index (Phi) is 6.36. The van der Waals surface area contributed by atoms with Gasteiger partial charge in [0.05, 0.1) is 23.3 Å². The van der Waals surface area contributed by atoms with Gasteiger partial charge in [-0.1, -0.05) is 41.9 Å². The van der Waals surface area contributed by atoms with E-state index in [1.165, 1.54) is 0 Å². The molecule has 1 fully saturated rings. The number of alkyl halides is 3. The van der Waals surface area contributed by atoms with E-state index in [4.69, 9.17) is 11.6 Å². The zero-order valence-corrected chi connectivity index (χ0v) is 17.8. The molecule has 168 valence electrons. The van der Waals surface area contributed by atoms with E-state index in [0.717, 1.165) is 17.8 Å². The van der Waals surface area contributed by atoms with Crippen LogP contribution in [0, 0.1) is 5.92 Å². The zero-order valence-electron chi connectivity index (χ0n) is 17.0. The van der Waals surface area contributed by atoms with Gasteiger partial charge in [-0.05, 0) is 24.5 Å². The number of aromatic nitrogens is 3. The molecule has 0 unspecified atom stereocenters. The Morgan fingerprint density at radius 3 is 2.53 bits per heavy atom. The average molecular weight is 464 g/mol. The molecule has 0 aliphatic carbocycles. The van der Waals surface area contributed by atoms with Gasteiger partial charge in [0.15, 0.2) is 0 Å². The predicted molar refractivity (Wildman–Crippen MR) is 116 cm³/mol. The van der Waals surface area contributed by atoms with Crippen LogP contribution in [-0.4, -0.2) is 33.8 Å². The molecular formula is C22H21ClF3N5O. The molecule has 32 heavy (non-hydrogen) atoms. The Balaban J connectivity index is 1.35. The highest BCUT2D eigenvalue weighted by molar-refractivity contribution is 6.33. The number of pyridine rings is 1. The van der Waals surface area contributed by atoms with Gasteiger partial charge in [0.25, 0.3) is 0 Å². The summed E-state index contributed by atoms with van der Waals surface area (Å²) >= 11 is 6.05. The molecule has 6 nitrogen and oxygen atoms in total. The summed E-state index contributed by atoms with van der Waals surface area (Å²) in [5, 5.41) is 7.18. The van der Waals surface area contributed by atoms with E-state index in [9.17, 15) is 18.0 Å². The van der Waals surface area contributed by atoms with Crippen LogP contribution in [0.15, 0.2) is 54.9 Å². The third kappa shape index (κ3) is 5.04. The first-order chi connectivity index (χ1) is 15.3. The van der Waals surface area contributed by atoms with Crippen molar-refractivity contribution in [2.45, 2.75) is 25.6 Å². The van der Waals surface area contributed by atoms with Crippen LogP contribution in [0.3, 0.4) is 0 Å². The number of hydrogen-bond acceptors (Lipinski definition) is 4. The normalized spacial score (nSPS) is 15.1. The minimum absolute atomic E-state index is 0.0486. The minimum atomic E-state index is -4.49. The molecule has 0 radical (unpaired) electrons. The third-order valence-electron chi connectivity index (χ3n) is 5.46. The maximum atomic E-state index is 12.8. The van der Waals surface area contributed by atoms with Gasteiger partial charge in [0.2, 0.25) is 5.91 Å². The number of carbonyl (C=O) groups is 1. The van der Waals surface area contributed by atoms with E-state index >= 15 is 0 Å². The van der Waals surface area contributed by atoms with Gasteiger partial charge >= 0.3 is 6.18 Å². The lowest BCUT2D eigenvalue weighted by atomic mass is 9.96. The highest BCUT2D eigenvalue weighted by atomic mass is 35.5. The third-order valence-corrected chi connectivity index (χ3v) is 5.74. The second-order valence-electron chi connectivity index (χ2n) is 7.64. The summed E-state index contributed by atoms with van der Waals surface area (Å²) in [6, 6.07) is 12.4.